The third-order valence-corrected chi connectivity index (χ3v) is 1.69. The molecule has 1 N–H and O–H groups in total. The largest absolute Gasteiger partial charge is 0.747 e. The Balaban J connectivity index is -0.000000980. The predicted octanol–water partition coefficient (Wildman–Crippen LogP) is -2.35. The van der Waals surface area contributed by atoms with Crippen LogP contribution in [0.25, 0.3) is 0 Å². The van der Waals surface area contributed by atoms with Crippen molar-refractivity contribution in [3.05, 3.63) is 0 Å². The summed E-state index contributed by atoms with van der Waals surface area (Å²) >= 11 is -3.36. The van der Waals surface area contributed by atoms with Crippen molar-refractivity contribution in [3.63, 3.8) is 0 Å². The van der Waals surface area contributed by atoms with E-state index in [1.54, 1.807) is 0 Å². The topological polar surface area (TPSA) is 175 Å². The predicted molar refractivity (Wildman–Crippen MR) is 34.8 cm³/mol. The van der Waals surface area contributed by atoms with E-state index in [2.05, 4.69) is 21.7 Å². The van der Waals surface area contributed by atoms with Crippen LogP contribution < -0.4 is 0 Å². The maximum atomic E-state index is 10.3. The number of rotatable bonds is 7. The molecule has 0 spiro atoms. The van der Waals surface area contributed by atoms with Crippen LogP contribution in [0.15, 0.2) is 0 Å². The first-order valence-corrected chi connectivity index (χ1v) is 6.02. The molecular formula is HCr2O12S3-. The molecule has 0 radical (unpaired) electrons. The molecule has 0 bridgehead atoms. The van der Waals surface area contributed by atoms with Gasteiger partial charge in [-0.3, -0.25) is 0 Å². The minimum atomic E-state index is -5.23. The first-order valence-electron chi connectivity index (χ1n) is 2.35. The van der Waals surface area contributed by atoms with E-state index in [-0.39, 0.29) is 34.7 Å². The fourth-order valence-corrected chi connectivity index (χ4v) is 1.19. The second kappa shape index (κ2) is 9.72. The summed E-state index contributed by atoms with van der Waals surface area (Å²) in [6.45, 7) is 0. The molecular weight excluding hydrogens is 392 g/mol. The molecule has 0 aromatic rings. The normalized spacial score (nSPS) is 13.3. The van der Waals surface area contributed by atoms with E-state index < -0.39 is 32.2 Å². The maximum absolute atomic E-state index is 10.3. The van der Waals surface area contributed by atoms with Gasteiger partial charge in [-0.2, -0.15) is 16.8 Å². The third kappa shape index (κ3) is 13.1. The molecule has 0 aliphatic carbocycles. The van der Waals surface area contributed by atoms with Gasteiger partial charge in [0.2, 0.25) is 0 Å². The van der Waals surface area contributed by atoms with Gasteiger partial charge < -0.3 is 4.55 Å². The van der Waals surface area contributed by atoms with E-state index in [4.69, 9.17) is 5.26 Å². The molecule has 1 atom stereocenters. The first-order chi connectivity index (χ1) is 6.68. The molecule has 0 fully saturated rings. The molecule has 104 valence electrons. The van der Waals surface area contributed by atoms with E-state index in [1.807, 2.05) is 0 Å². The molecule has 17 heavy (non-hydrogen) atoms. The van der Waals surface area contributed by atoms with Crippen molar-refractivity contribution in [3.8, 4) is 0 Å². The SMILES string of the molecule is O=S([O-])OOS(=O)(=O)OOS(=O)(=O)OO.[Cr].[Cr]. The molecule has 0 saturated carbocycles. The molecule has 12 nitrogen and oxygen atoms in total. The second-order valence-corrected chi connectivity index (χ2v) is 4.10. The van der Waals surface area contributed by atoms with E-state index in [9.17, 15) is 25.6 Å². The van der Waals surface area contributed by atoms with Crippen LogP contribution in [0.4, 0.5) is 0 Å². The molecule has 0 aromatic carbocycles. The molecule has 0 saturated heterocycles. The molecule has 0 aliphatic rings. The van der Waals surface area contributed by atoms with Crippen molar-refractivity contribution < 1.29 is 87.2 Å². The van der Waals surface area contributed by atoms with Gasteiger partial charge in [0.15, 0.2) is 0 Å². The van der Waals surface area contributed by atoms with Crippen molar-refractivity contribution >= 4 is 32.2 Å². The zero-order valence-corrected chi connectivity index (χ0v) is 12.0. The minimum Gasteiger partial charge on any atom is -0.747 e. The van der Waals surface area contributed by atoms with E-state index in [0.717, 1.165) is 0 Å². The van der Waals surface area contributed by atoms with Gasteiger partial charge >= 0.3 is 20.8 Å². The van der Waals surface area contributed by atoms with Gasteiger partial charge in [-0.15, -0.1) is 4.33 Å². The van der Waals surface area contributed by atoms with Crippen molar-refractivity contribution in [1.29, 1.82) is 0 Å². The summed E-state index contributed by atoms with van der Waals surface area (Å²) in [4.78, 5) is 0. The van der Waals surface area contributed by atoms with Crippen LogP contribution >= 0.6 is 0 Å². The van der Waals surface area contributed by atoms with E-state index >= 15 is 0 Å². The third-order valence-electron chi connectivity index (χ3n) is 0.452. The van der Waals surface area contributed by atoms with Crippen molar-refractivity contribution in [2.45, 2.75) is 0 Å². The Morgan fingerprint density at radius 2 is 1.35 bits per heavy atom. The van der Waals surface area contributed by atoms with Crippen LogP contribution in [-0.4, -0.2) is 30.9 Å². The van der Waals surface area contributed by atoms with Crippen LogP contribution in [0, 0.1) is 0 Å². The van der Waals surface area contributed by atoms with Gasteiger partial charge in [-0.05, 0) is 0 Å². The molecule has 1 unspecified atom stereocenters. The Kier molecular flexibility index (Phi) is 13.1. The monoisotopic (exact) mass is 393 g/mol. The summed E-state index contributed by atoms with van der Waals surface area (Å²) in [5.74, 6) is 0. The number of hydrogen-bond donors (Lipinski definition) is 1. The van der Waals surface area contributed by atoms with Gasteiger partial charge in [-0.1, -0.05) is 17.3 Å². The van der Waals surface area contributed by atoms with Crippen LogP contribution in [0.3, 0.4) is 0 Å². The standard InChI is InChI=1S/2Cr.H2O12S3/c;;1-8-14(4,5)11-12-15(6,7)10-9-13(2)3/h;;1H,(H,2,3)/p-1. The Labute approximate surface area is 119 Å². The van der Waals surface area contributed by atoms with Gasteiger partial charge in [0, 0.05) is 34.7 Å². The first kappa shape index (κ1) is 23.0. The molecule has 0 amide bonds. The van der Waals surface area contributed by atoms with Gasteiger partial charge in [0.05, 0.1) is 0 Å². The summed E-state index contributed by atoms with van der Waals surface area (Å²) in [7, 11) is -10.4. The second-order valence-electron chi connectivity index (χ2n) is 1.37. The summed E-state index contributed by atoms with van der Waals surface area (Å²) < 4.78 is 74.7. The van der Waals surface area contributed by atoms with Crippen LogP contribution in [0.5, 0.6) is 0 Å². The number of hydrogen-bond acceptors (Lipinski definition) is 12. The van der Waals surface area contributed by atoms with E-state index in [1.165, 1.54) is 0 Å². The summed E-state index contributed by atoms with van der Waals surface area (Å²) in [5.41, 5.74) is 0. The summed E-state index contributed by atoms with van der Waals surface area (Å²) in [6.07, 6.45) is 0. The maximum Gasteiger partial charge on any atom is 0.455 e. The summed E-state index contributed by atoms with van der Waals surface area (Å²) in [6, 6.07) is 0. The van der Waals surface area contributed by atoms with Crippen LogP contribution in [-0.2, 0) is 88.6 Å². The van der Waals surface area contributed by atoms with Gasteiger partial charge in [0.1, 0.15) is 11.4 Å². The zero-order valence-electron chi connectivity index (χ0n) is 6.98. The molecule has 0 heterocycles. The molecule has 17 heteroatoms. The molecule has 0 aromatic heterocycles. The Bertz CT molecular complexity index is 403. The fourth-order valence-electron chi connectivity index (χ4n) is 0.149. The minimum absolute atomic E-state index is 0. The Morgan fingerprint density at radius 3 is 1.71 bits per heavy atom. The van der Waals surface area contributed by atoms with Crippen molar-refractivity contribution in [2.24, 2.45) is 0 Å². The fraction of sp³-hybridized carbons (Fsp3) is 0. The van der Waals surface area contributed by atoms with Crippen LogP contribution in [0.1, 0.15) is 0 Å². The van der Waals surface area contributed by atoms with Crippen LogP contribution in [0.2, 0.25) is 0 Å². The Morgan fingerprint density at radius 1 is 0.941 bits per heavy atom. The Hall–Kier alpha value is 0.835. The molecule has 0 aliphatic heterocycles. The van der Waals surface area contributed by atoms with E-state index in [0.29, 0.717) is 0 Å². The van der Waals surface area contributed by atoms with Crippen molar-refractivity contribution in [2.75, 3.05) is 0 Å². The molecule has 0 rings (SSSR count). The van der Waals surface area contributed by atoms with Crippen molar-refractivity contribution in [1.82, 2.24) is 0 Å². The van der Waals surface area contributed by atoms with Gasteiger partial charge in [-0.25, -0.2) is 9.47 Å². The smallest absolute Gasteiger partial charge is 0.455 e. The average molecular weight is 393 g/mol. The van der Waals surface area contributed by atoms with Gasteiger partial charge in [0.25, 0.3) is 0 Å². The average Bonchev–Trinajstić information content (AvgIpc) is 2.13. The quantitative estimate of drug-likeness (QED) is 0.277. The summed E-state index contributed by atoms with van der Waals surface area (Å²) in [5, 5.41) is 7.55. The zero-order chi connectivity index (χ0) is 12.1.